The minimum absolute atomic E-state index is 0.323. The molecule has 0 N–H and O–H groups in total. The smallest absolute Gasteiger partial charge is 0.343 e. The van der Waals surface area contributed by atoms with E-state index in [1.807, 2.05) is 106 Å². The van der Waals surface area contributed by atoms with Crippen molar-refractivity contribution < 1.29 is 13.2 Å². The summed E-state index contributed by atoms with van der Waals surface area (Å²) in [5.74, 6) is -0.554. The number of hydrogen-bond donors (Lipinski definition) is 0. The van der Waals surface area contributed by atoms with Crippen LogP contribution >= 0.6 is 31.9 Å². The molecule has 0 aliphatic heterocycles. The van der Waals surface area contributed by atoms with Crippen LogP contribution in [0.5, 0.6) is 0 Å². The van der Waals surface area contributed by atoms with Gasteiger partial charge >= 0.3 is 6.18 Å². The van der Waals surface area contributed by atoms with Gasteiger partial charge in [-0.25, -0.2) is 0 Å². The number of rotatable bonds is 7. The van der Waals surface area contributed by atoms with E-state index in [1.54, 1.807) is 12.4 Å². The maximum atomic E-state index is 16.1. The number of benzene rings is 4. The van der Waals surface area contributed by atoms with E-state index in [-0.39, 0.29) is 0 Å². The molecule has 6 aromatic rings. The van der Waals surface area contributed by atoms with E-state index >= 15 is 13.2 Å². The molecule has 42 heavy (non-hydrogen) atoms. The van der Waals surface area contributed by atoms with Crippen LogP contribution in [0.1, 0.15) is 35.1 Å². The van der Waals surface area contributed by atoms with E-state index in [9.17, 15) is 0 Å². The lowest BCUT2D eigenvalue weighted by Gasteiger charge is -2.36. The molecule has 2 heterocycles. The lowest BCUT2D eigenvalue weighted by Crippen LogP contribution is -2.45. The van der Waals surface area contributed by atoms with Gasteiger partial charge in [-0.3, -0.25) is 0 Å². The quantitative estimate of drug-likeness (QED) is 0.158. The van der Waals surface area contributed by atoms with Gasteiger partial charge in [0.15, 0.2) is 0 Å². The average Bonchev–Trinajstić information content (AvgIpc) is 3.68. The third-order valence-corrected chi connectivity index (χ3v) is 9.55. The van der Waals surface area contributed by atoms with Crippen LogP contribution in [-0.2, 0) is 18.5 Å². The van der Waals surface area contributed by atoms with Crippen LogP contribution in [0.2, 0.25) is 0 Å². The van der Waals surface area contributed by atoms with E-state index in [0.29, 0.717) is 47.8 Å². The van der Waals surface area contributed by atoms with Crippen LogP contribution in [0.25, 0.3) is 21.8 Å². The molecule has 2 nitrogen and oxygen atoms in total. The summed E-state index contributed by atoms with van der Waals surface area (Å²) in [7, 11) is 0. The zero-order chi connectivity index (χ0) is 29.1. The van der Waals surface area contributed by atoms with Crippen molar-refractivity contribution in [3.05, 3.63) is 141 Å². The van der Waals surface area contributed by atoms with Crippen molar-refractivity contribution in [1.82, 2.24) is 9.13 Å². The predicted octanol–water partition coefficient (Wildman–Crippen LogP) is 10.5. The summed E-state index contributed by atoms with van der Waals surface area (Å²) >= 11 is 7.12. The second kappa shape index (κ2) is 10.5. The summed E-state index contributed by atoms with van der Waals surface area (Å²) in [5.41, 5.74) is 2.13. The molecule has 7 rings (SSSR count). The zero-order valence-electron chi connectivity index (χ0n) is 22.6. The second-order valence-electron chi connectivity index (χ2n) is 11.2. The normalized spacial score (nSPS) is 14.2. The topological polar surface area (TPSA) is 9.86 Å². The van der Waals surface area contributed by atoms with Gasteiger partial charge in [0.2, 0.25) is 0 Å². The molecule has 1 aliphatic carbocycles. The highest BCUT2D eigenvalue weighted by molar-refractivity contribution is 9.10. The van der Waals surface area contributed by atoms with Gasteiger partial charge in [-0.05, 0) is 77.4 Å². The molecule has 7 heteroatoms. The van der Waals surface area contributed by atoms with Gasteiger partial charge < -0.3 is 9.13 Å². The first-order valence-corrected chi connectivity index (χ1v) is 15.6. The van der Waals surface area contributed by atoms with Crippen LogP contribution in [-0.4, -0.2) is 15.3 Å². The van der Waals surface area contributed by atoms with Crippen molar-refractivity contribution in [1.29, 1.82) is 0 Å². The van der Waals surface area contributed by atoms with Gasteiger partial charge in [0.25, 0.3) is 0 Å². The lowest BCUT2D eigenvalue weighted by atomic mass is 9.69. The Morgan fingerprint density at radius 2 is 1.05 bits per heavy atom. The molecule has 0 amide bonds. The summed E-state index contributed by atoms with van der Waals surface area (Å²) in [6.07, 6.45) is 0.0650. The first-order valence-electron chi connectivity index (χ1n) is 14.0. The van der Waals surface area contributed by atoms with E-state index < -0.39 is 17.5 Å². The molecule has 1 saturated carbocycles. The molecule has 1 aliphatic rings. The third kappa shape index (κ3) is 4.62. The molecule has 0 spiro atoms. The molecule has 0 unspecified atom stereocenters. The van der Waals surface area contributed by atoms with Gasteiger partial charge in [0.1, 0.15) is 5.41 Å². The molecule has 0 radical (unpaired) electrons. The van der Waals surface area contributed by atoms with Gasteiger partial charge in [0.05, 0.1) is 0 Å². The monoisotopic (exact) mass is 690 g/mol. The SMILES string of the molecule is FC(F)(F)C(c1cn(Cc2ccccc2)c2ccc(Br)cc12)(c1cn(Cc2ccccc2)c2ccc(Br)cc12)C1CC1. The second-order valence-corrected chi connectivity index (χ2v) is 13.0. The number of halogens is 5. The molecule has 1 fully saturated rings. The summed E-state index contributed by atoms with van der Waals surface area (Å²) in [6.45, 7) is 0.970. The Balaban J connectivity index is 1.53. The van der Waals surface area contributed by atoms with Crippen LogP contribution < -0.4 is 0 Å². The van der Waals surface area contributed by atoms with Gasteiger partial charge in [0, 0.05) is 56.2 Å². The molecule has 0 bridgehead atoms. The third-order valence-electron chi connectivity index (χ3n) is 8.56. The number of nitrogens with zero attached hydrogens (tertiary/aromatic N) is 2. The minimum Gasteiger partial charge on any atom is -0.343 e. The highest BCUT2D eigenvalue weighted by Crippen LogP contribution is 2.62. The van der Waals surface area contributed by atoms with Gasteiger partial charge in [-0.2, -0.15) is 13.2 Å². The Hall–Kier alpha value is -3.29. The lowest BCUT2D eigenvalue weighted by molar-refractivity contribution is -0.183. The van der Waals surface area contributed by atoms with Crippen LogP contribution in [0, 0.1) is 5.92 Å². The number of hydrogen-bond acceptors (Lipinski definition) is 0. The first kappa shape index (κ1) is 27.5. The van der Waals surface area contributed by atoms with E-state index in [0.717, 1.165) is 31.1 Å². The van der Waals surface area contributed by atoms with Gasteiger partial charge in [-0.15, -0.1) is 0 Å². The maximum absolute atomic E-state index is 16.1. The van der Waals surface area contributed by atoms with Crippen molar-refractivity contribution in [3.8, 4) is 0 Å². The molecule has 212 valence electrons. The fraction of sp³-hybridized carbons (Fsp3) is 0.200. The van der Waals surface area contributed by atoms with Gasteiger partial charge in [-0.1, -0.05) is 92.5 Å². The first-order chi connectivity index (χ1) is 20.3. The number of fused-ring (bicyclic) bond motifs is 2. The van der Waals surface area contributed by atoms with Crippen molar-refractivity contribution >= 4 is 53.7 Å². The number of alkyl halides is 3. The Morgan fingerprint density at radius 3 is 1.43 bits per heavy atom. The Kier molecular flexibility index (Phi) is 6.86. The molecule has 0 atom stereocenters. The summed E-state index contributed by atoms with van der Waals surface area (Å²) in [6, 6.07) is 31.2. The highest BCUT2D eigenvalue weighted by atomic mass is 79.9. The summed E-state index contributed by atoms with van der Waals surface area (Å²) in [4.78, 5) is 0. The summed E-state index contributed by atoms with van der Waals surface area (Å²) in [5, 5.41) is 1.26. The van der Waals surface area contributed by atoms with Crippen molar-refractivity contribution in [3.63, 3.8) is 0 Å². The van der Waals surface area contributed by atoms with Crippen molar-refractivity contribution in [2.24, 2.45) is 5.92 Å². The molecular formula is C35H27Br2F3N2. The fourth-order valence-electron chi connectivity index (χ4n) is 6.63. The Bertz CT molecular complexity index is 1780. The predicted molar refractivity (Wildman–Crippen MR) is 170 cm³/mol. The molecule has 4 aromatic carbocycles. The van der Waals surface area contributed by atoms with Crippen LogP contribution in [0.3, 0.4) is 0 Å². The Labute approximate surface area is 259 Å². The average molecular weight is 692 g/mol. The van der Waals surface area contributed by atoms with Crippen LogP contribution in [0.15, 0.2) is 118 Å². The Morgan fingerprint density at radius 1 is 0.619 bits per heavy atom. The summed E-state index contributed by atoms with van der Waals surface area (Å²) < 4.78 is 53.9. The highest BCUT2D eigenvalue weighted by Gasteiger charge is 2.66. The standard InChI is InChI=1S/C35H27Br2F3N2/c36-26-13-15-32-28(17-26)30(21-41(32)19-23-7-3-1-4-8-23)34(25-11-12-25,35(38,39)40)31-22-42(20-24-9-5-2-6-10-24)33-16-14-27(37)18-29(31)33/h1-10,13-18,21-22,25H,11-12,19-20H2. The molecule has 2 aromatic heterocycles. The van der Waals surface area contributed by atoms with Crippen molar-refractivity contribution in [2.75, 3.05) is 0 Å². The fourth-order valence-corrected chi connectivity index (χ4v) is 7.35. The molecule has 0 saturated heterocycles. The number of aromatic nitrogens is 2. The molecular weight excluding hydrogens is 665 g/mol. The van der Waals surface area contributed by atoms with E-state index in [4.69, 9.17) is 0 Å². The van der Waals surface area contributed by atoms with Crippen LogP contribution in [0.4, 0.5) is 13.2 Å². The van der Waals surface area contributed by atoms with Crippen molar-refractivity contribution in [2.45, 2.75) is 37.5 Å². The zero-order valence-corrected chi connectivity index (χ0v) is 25.8. The minimum atomic E-state index is -4.53. The van der Waals surface area contributed by atoms with E-state index in [1.165, 1.54) is 0 Å². The largest absolute Gasteiger partial charge is 0.402 e. The van der Waals surface area contributed by atoms with E-state index in [2.05, 4.69) is 31.9 Å². The maximum Gasteiger partial charge on any atom is 0.402 e.